The van der Waals surface area contributed by atoms with Crippen LogP contribution >= 0.6 is 12.4 Å². The van der Waals surface area contributed by atoms with Gasteiger partial charge in [0.15, 0.2) is 0 Å². The Hall–Kier alpha value is -2.38. The summed E-state index contributed by atoms with van der Waals surface area (Å²) >= 11 is 0. The predicted molar refractivity (Wildman–Crippen MR) is 105 cm³/mol. The molecule has 3 rings (SSSR count). The number of hydrogen-bond acceptors (Lipinski definition) is 5. The number of halogens is 1. The zero-order chi connectivity index (χ0) is 18.5. The number of aryl methyl sites for hydroxylation is 1. The summed E-state index contributed by atoms with van der Waals surface area (Å²) in [5, 5.41) is 6.80. The molecule has 146 valence electrons. The number of hydrogen-bond donors (Lipinski definition) is 2. The number of likely N-dealkylation sites (tertiary alicyclic amines) is 1. The Bertz CT molecular complexity index is 776. The molecule has 0 aliphatic carbocycles. The van der Waals surface area contributed by atoms with Crippen LogP contribution in [0.25, 0.3) is 11.3 Å². The van der Waals surface area contributed by atoms with E-state index in [-0.39, 0.29) is 35.9 Å². The van der Waals surface area contributed by atoms with E-state index < -0.39 is 0 Å². The summed E-state index contributed by atoms with van der Waals surface area (Å²) in [6, 6.07) is 9.52. The van der Waals surface area contributed by atoms with Gasteiger partial charge in [0.05, 0.1) is 5.92 Å². The number of nitrogens with one attached hydrogen (secondary N) is 1. The van der Waals surface area contributed by atoms with Gasteiger partial charge >= 0.3 is 0 Å². The van der Waals surface area contributed by atoms with Crippen molar-refractivity contribution < 1.29 is 14.1 Å². The monoisotopic (exact) mass is 392 g/mol. The number of amides is 2. The van der Waals surface area contributed by atoms with Crippen LogP contribution in [-0.4, -0.2) is 48.0 Å². The summed E-state index contributed by atoms with van der Waals surface area (Å²) in [4.78, 5) is 26.5. The number of rotatable bonds is 5. The molecule has 1 aliphatic rings. The van der Waals surface area contributed by atoms with E-state index >= 15 is 0 Å². The van der Waals surface area contributed by atoms with Crippen LogP contribution in [0.15, 0.2) is 34.9 Å². The molecular weight excluding hydrogens is 368 g/mol. The van der Waals surface area contributed by atoms with E-state index in [1.807, 2.05) is 31.2 Å². The molecule has 1 saturated heterocycles. The minimum atomic E-state index is -0.229. The largest absolute Gasteiger partial charge is 0.355 e. The predicted octanol–water partition coefficient (Wildman–Crippen LogP) is 2.00. The molecule has 0 bridgehead atoms. The summed E-state index contributed by atoms with van der Waals surface area (Å²) in [7, 11) is 0. The molecule has 1 atom stereocenters. The Kier molecular flexibility index (Phi) is 7.38. The Labute approximate surface area is 164 Å². The first kappa shape index (κ1) is 20.9. The summed E-state index contributed by atoms with van der Waals surface area (Å²) in [5.74, 6) is -0.291. The molecular formula is C19H25ClN4O3. The molecule has 8 heteroatoms. The average Bonchev–Trinajstić information content (AvgIpc) is 3.16. The molecule has 1 aliphatic heterocycles. The maximum Gasteiger partial charge on any atom is 0.292 e. The first-order chi connectivity index (χ1) is 12.6. The van der Waals surface area contributed by atoms with Crippen LogP contribution in [0.4, 0.5) is 0 Å². The number of nitrogens with zero attached hydrogens (tertiary/aromatic N) is 2. The second-order valence-corrected chi connectivity index (χ2v) is 6.61. The van der Waals surface area contributed by atoms with E-state index in [0.29, 0.717) is 31.9 Å². The molecule has 1 fully saturated rings. The van der Waals surface area contributed by atoms with E-state index in [0.717, 1.165) is 24.0 Å². The van der Waals surface area contributed by atoms with E-state index in [1.54, 1.807) is 11.0 Å². The van der Waals surface area contributed by atoms with Gasteiger partial charge in [-0.1, -0.05) is 35.0 Å². The van der Waals surface area contributed by atoms with Crippen LogP contribution in [0.3, 0.4) is 0 Å². The van der Waals surface area contributed by atoms with Gasteiger partial charge in [-0.05, 0) is 19.8 Å². The van der Waals surface area contributed by atoms with Crippen LogP contribution in [0.1, 0.15) is 29.0 Å². The average molecular weight is 393 g/mol. The zero-order valence-corrected chi connectivity index (χ0v) is 16.1. The Morgan fingerprint density at radius 1 is 1.33 bits per heavy atom. The Morgan fingerprint density at radius 2 is 2.07 bits per heavy atom. The van der Waals surface area contributed by atoms with Crippen molar-refractivity contribution in [2.45, 2.75) is 19.8 Å². The van der Waals surface area contributed by atoms with Crippen molar-refractivity contribution in [1.29, 1.82) is 0 Å². The lowest BCUT2D eigenvalue weighted by molar-refractivity contribution is -0.126. The number of piperidine rings is 1. The third-order valence-corrected chi connectivity index (χ3v) is 4.59. The van der Waals surface area contributed by atoms with Gasteiger partial charge in [0, 0.05) is 37.8 Å². The lowest BCUT2D eigenvalue weighted by Crippen LogP contribution is -2.46. The highest BCUT2D eigenvalue weighted by Gasteiger charge is 2.30. The molecule has 2 heterocycles. The summed E-state index contributed by atoms with van der Waals surface area (Å²) in [6.07, 6.45) is 1.55. The molecule has 1 unspecified atom stereocenters. The number of carbonyl (C=O) groups excluding carboxylic acids is 2. The van der Waals surface area contributed by atoms with Gasteiger partial charge in [0.1, 0.15) is 5.69 Å². The maximum atomic E-state index is 12.7. The highest BCUT2D eigenvalue weighted by Crippen LogP contribution is 2.23. The molecule has 1 aromatic heterocycles. The molecule has 7 nitrogen and oxygen atoms in total. The first-order valence-electron chi connectivity index (χ1n) is 8.89. The van der Waals surface area contributed by atoms with Crippen molar-refractivity contribution in [2.24, 2.45) is 11.7 Å². The van der Waals surface area contributed by atoms with Crippen molar-refractivity contribution in [3.05, 3.63) is 41.7 Å². The van der Waals surface area contributed by atoms with Gasteiger partial charge in [-0.2, -0.15) is 0 Å². The van der Waals surface area contributed by atoms with Crippen LogP contribution in [0, 0.1) is 12.8 Å². The Morgan fingerprint density at radius 3 is 2.78 bits per heavy atom. The van der Waals surface area contributed by atoms with Crippen molar-refractivity contribution >= 4 is 24.2 Å². The quantitative estimate of drug-likeness (QED) is 0.810. The van der Waals surface area contributed by atoms with Gasteiger partial charge in [-0.25, -0.2) is 0 Å². The third-order valence-electron chi connectivity index (χ3n) is 4.59. The highest BCUT2D eigenvalue weighted by atomic mass is 35.5. The fourth-order valence-corrected chi connectivity index (χ4v) is 3.11. The van der Waals surface area contributed by atoms with Crippen LogP contribution in [0.2, 0.25) is 0 Å². The number of nitrogens with two attached hydrogens (primary N) is 1. The summed E-state index contributed by atoms with van der Waals surface area (Å²) < 4.78 is 5.27. The normalized spacial score (nSPS) is 16.5. The lowest BCUT2D eigenvalue weighted by atomic mass is 9.97. The zero-order valence-electron chi connectivity index (χ0n) is 15.3. The summed E-state index contributed by atoms with van der Waals surface area (Å²) in [5.41, 5.74) is 8.10. The van der Waals surface area contributed by atoms with Crippen LogP contribution in [-0.2, 0) is 4.79 Å². The van der Waals surface area contributed by atoms with Gasteiger partial charge in [0.25, 0.3) is 5.91 Å². The summed E-state index contributed by atoms with van der Waals surface area (Å²) in [6.45, 7) is 3.86. The molecule has 1 aromatic carbocycles. The van der Waals surface area contributed by atoms with Crippen molar-refractivity contribution in [3.8, 4) is 11.3 Å². The van der Waals surface area contributed by atoms with Crippen LogP contribution < -0.4 is 11.1 Å². The molecule has 0 spiro atoms. The van der Waals surface area contributed by atoms with Gasteiger partial charge in [0.2, 0.25) is 11.7 Å². The van der Waals surface area contributed by atoms with Gasteiger partial charge < -0.3 is 20.5 Å². The smallest absolute Gasteiger partial charge is 0.292 e. The molecule has 2 aromatic rings. The van der Waals surface area contributed by atoms with Gasteiger partial charge in [-0.3, -0.25) is 9.59 Å². The first-order valence-corrected chi connectivity index (χ1v) is 8.89. The number of benzene rings is 1. The standard InChI is InChI=1S/C19H24N4O3.ClH/c1-13-4-6-14(7-5-13)16-11-17(26-22-16)19(25)23-10-2-3-15(12-23)18(24)21-9-8-20;/h4-7,11,15H,2-3,8-10,12,20H2,1H3,(H,21,24);1H. The molecule has 2 amide bonds. The van der Waals surface area contributed by atoms with Crippen LogP contribution in [0.5, 0.6) is 0 Å². The second-order valence-electron chi connectivity index (χ2n) is 6.61. The van der Waals surface area contributed by atoms with E-state index in [9.17, 15) is 9.59 Å². The number of carbonyl (C=O) groups is 2. The molecule has 0 saturated carbocycles. The highest BCUT2D eigenvalue weighted by molar-refractivity contribution is 5.93. The van der Waals surface area contributed by atoms with E-state index in [2.05, 4.69) is 10.5 Å². The third kappa shape index (κ3) is 5.08. The Balaban J connectivity index is 0.00000261. The number of aromatic nitrogens is 1. The van der Waals surface area contributed by atoms with Gasteiger partial charge in [-0.15, -0.1) is 12.4 Å². The minimum Gasteiger partial charge on any atom is -0.355 e. The van der Waals surface area contributed by atoms with E-state index in [1.165, 1.54) is 0 Å². The SMILES string of the molecule is Cc1ccc(-c2cc(C(=O)N3CCCC(C(=O)NCCN)C3)on2)cc1.Cl. The molecule has 3 N–H and O–H groups in total. The molecule has 27 heavy (non-hydrogen) atoms. The van der Waals surface area contributed by atoms with Crippen molar-refractivity contribution in [3.63, 3.8) is 0 Å². The van der Waals surface area contributed by atoms with Crippen molar-refractivity contribution in [1.82, 2.24) is 15.4 Å². The topological polar surface area (TPSA) is 101 Å². The fourth-order valence-electron chi connectivity index (χ4n) is 3.11. The molecule has 0 radical (unpaired) electrons. The maximum absolute atomic E-state index is 12.7. The van der Waals surface area contributed by atoms with E-state index in [4.69, 9.17) is 10.3 Å². The minimum absolute atomic E-state index is 0. The van der Waals surface area contributed by atoms with Crippen molar-refractivity contribution in [2.75, 3.05) is 26.2 Å². The lowest BCUT2D eigenvalue weighted by Gasteiger charge is -2.31. The fraction of sp³-hybridized carbons (Fsp3) is 0.421. The second kappa shape index (κ2) is 9.53.